The topological polar surface area (TPSA) is 47.0 Å². The molecule has 1 saturated heterocycles. The molecule has 4 heteroatoms. The van der Waals surface area contributed by atoms with E-state index in [1.54, 1.807) is 0 Å². The molecule has 4 nitrogen and oxygen atoms in total. The maximum absolute atomic E-state index is 5.58. The van der Waals surface area contributed by atoms with Gasteiger partial charge in [0.25, 0.3) is 0 Å². The van der Waals surface area contributed by atoms with Crippen LogP contribution in [-0.2, 0) is 10.2 Å². The van der Waals surface area contributed by atoms with Crippen molar-refractivity contribution in [3.63, 3.8) is 0 Å². The largest absolute Gasteiger partial charge is 0.381 e. The number of hydrogen-bond donors (Lipinski definition) is 1. The summed E-state index contributed by atoms with van der Waals surface area (Å²) in [6.07, 6.45) is 2.05. The quantitative estimate of drug-likeness (QED) is 0.941. The third-order valence-electron chi connectivity index (χ3n) is 4.40. The lowest BCUT2D eigenvalue weighted by Crippen LogP contribution is -2.40. The van der Waals surface area contributed by atoms with E-state index in [0.717, 1.165) is 49.9 Å². The van der Waals surface area contributed by atoms with Gasteiger partial charge < -0.3 is 10.1 Å². The minimum absolute atomic E-state index is 0.0977. The molecule has 1 aromatic heterocycles. The minimum atomic E-state index is 0.0977. The monoisotopic (exact) mass is 297 g/mol. The van der Waals surface area contributed by atoms with Gasteiger partial charge >= 0.3 is 0 Å². The second-order valence-corrected chi connectivity index (χ2v) is 6.09. The van der Waals surface area contributed by atoms with E-state index in [1.807, 2.05) is 19.9 Å². The number of nitrogens with zero attached hydrogens (tertiary/aromatic N) is 2. The Hall–Kier alpha value is -1.94. The van der Waals surface area contributed by atoms with Gasteiger partial charge in [0, 0.05) is 36.6 Å². The summed E-state index contributed by atoms with van der Waals surface area (Å²) in [7, 11) is 0. The van der Waals surface area contributed by atoms with E-state index >= 15 is 0 Å². The van der Waals surface area contributed by atoms with Crippen LogP contribution in [0.1, 0.15) is 29.8 Å². The highest BCUT2D eigenvalue weighted by Crippen LogP contribution is 2.34. The molecule has 1 fully saturated rings. The number of aromatic nitrogens is 2. The molecular weight excluding hydrogens is 274 g/mol. The Morgan fingerprint density at radius 2 is 1.68 bits per heavy atom. The molecule has 1 N–H and O–H groups in total. The van der Waals surface area contributed by atoms with Gasteiger partial charge in [0.1, 0.15) is 0 Å². The highest BCUT2D eigenvalue weighted by molar-refractivity contribution is 5.33. The van der Waals surface area contributed by atoms with Gasteiger partial charge in [0.05, 0.1) is 0 Å². The Kier molecular flexibility index (Phi) is 4.39. The van der Waals surface area contributed by atoms with Crippen LogP contribution in [0.3, 0.4) is 0 Å². The molecule has 0 amide bonds. The summed E-state index contributed by atoms with van der Waals surface area (Å²) in [4.78, 5) is 8.98. The number of aryl methyl sites for hydroxylation is 2. The van der Waals surface area contributed by atoms with Crippen molar-refractivity contribution < 1.29 is 4.74 Å². The van der Waals surface area contributed by atoms with Gasteiger partial charge in [-0.3, -0.25) is 0 Å². The first-order valence-corrected chi connectivity index (χ1v) is 7.87. The van der Waals surface area contributed by atoms with E-state index < -0.39 is 0 Å². The van der Waals surface area contributed by atoms with Crippen molar-refractivity contribution in [2.24, 2.45) is 0 Å². The number of hydrogen-bond acceptors (Lipinski definition) is 4. The van der Waals surface area contributed by atoms with Gasteiger partial charge in [-0.05, 0) is 38.3 Å². The van der Waals surface area contributed by atoms with Crippen molar-refractivity contribution in [1.29, 1.82) is 0 Å². The molecule has 0 radical (unpaired) electrons. The fourth-order valence-corrected chi connectivity index (χ4v) is 3.17. The van der Waals surface area contributed by atoms with Crippen molar-refractivity contribution in [2.75, 3.05) is 25.1 Å². The molecule has 2 aromatic rings. The van der Waals surface area contributed by atoms with Gasteiger partial charge in [-0.25, -0.2) is 9.97 Å². The van der Waals surface area contributed by atoms with Crippen molar-refractivity contribution in [2.45, 2.75) is 32.1 Å². The zero-order valence-corrected chi connectivity index (χ0v) is 13.3. The van der Waals surface area contributed by atoms with Gasteiger partial charge in [-0.15, -0.1) is 0 Å². The first-order chi connectivity index (χ1) is 10.7. The summed E-state index contributed by atoms with van der Waals surface area (Å²) in [6.45, 7) is 6.46. The minimum Gasteiger partial charge on any atom is -0.381 e. The van der Waals surface area contributed by atoms with Crippen LogP contribution in [0, 0.1) is 13.8 Å². The molecule has 0 unspecified atom stereocenters. The highest BCUT2D eigenvalue weighted by atomic mass is 16.5. The summed E-state index contributed by atoms with van der Waals surface area (Å²) in [6, 6.07) is 12.7. The van der Waals surface area contributed by atoms with Crippen LogP contribution in [0.2, 0.25) is 0 Å². The molecule has 0 saturated carbocycles. The number of benzene rings is 1. The second kappa shape index (κ2) is 6.44. The molecule has 1 aliphatic rings. The van der Waals surface area contributed by atoms with Crippen LogP contribution in [0.4, 0.5) is 5.95 Å². The Morgan fingerprint density at radius 1 is 1.05 bits per heavy atom. The summed E-state index contributed by atoms with van der Waals surface area (Å²) < 4.78 is 5.58. The molecule has 116 valence electrons. The smallest absolute Gasteiger partial charge is 0.223 e. The van der Waals surface area contributed by atoms with Crippen LogP contribution in [-0.4, -0.2) is 29.7 Å². The summed E-state index contributed by atoms with van der Waals surface area (Å²) >= 11 is 0. The van der Waals surface area contributed by atoms with Gasteiger partial charge in [-0.2, -0.15) is 0 Å². The SMILES string of the molecule is Cc1cc(C)nc(NCC2(c3ccccc3)CCOCC2)n1. The first kappa shape index (κ1) is 15.0. The normalized spacial score (nSPS) is 17.2. The Bertz CT molecular complexity index is 601. The Labute approximate surface area is 132 Å². The lowest BCUT2D eigenvalue weighted by Gasteiger charge is -2.38. The fourth-order valence-electron chi connectivity index (χ4n) is 3.17. The highest BCUT2D eigenvalue weighted by Gasteiger charge is 2.34. The number of rotatable bonds is 4. The molecule has 2 heterocycles. The summed E-state index contributed by atoms with van der Waals surface area (Å²) in [5.41, 5.74) is 3.46. The van der Waals surface area contributed by atoms with Crippen LogP contribution in [0.5, 0.6) is 0 Å². The van der Waals surface area contributed by atoms with Gasteiger partial charge in [-0.1, -0.05) is 30.3 Å². The van der Waals surface area contributed by atoms with Crippen molar-refractivity contribution in [3.8, 4) is 0 Å². The predicted molar refractivity (Wildman–Crippen MR) is 88.2 cm³/mol. The molecule has 22 heavy (non-hydrogen) atoms. The predicted octanol–water partition coefficient (Wildman–Crippen LogP) is 3.25. The van der Waals surface area contributed by atoms with Crippen LogP contribution >= 0.6 is 0 Å². The van der Waals surface area contributed by atoms with E-state index in [0.29, 0.717) is 0 Å². The average molecular weight is 297 g/mol. The molecule has 1 aromatic carbocycles. The van der Waals surface area contributed by atoms with Gasteiger partial charge in [0.15, 0.2) is 0 Å². The maximum Gasteiger partial charge on any atom is 0.223 e. The van der Waals surface area contributed by atoms with Crippen LogP contribution < -0.4 is 5.32 Å². The maximum atomic E-state index is 5.58. The lowest BCUT2D eigenvalue weighted by atomic mass is 9.74. The van der Waals surface area contributed by atoms with E-state index in [-0.39, 0.29) is 5.41 Å². The molecule has 0 aliphatic carbocycles. The lowest BCUT2D eigenvalue weighted by molar-refractivity contribution is 0.0543. The standard InChI is InChI=1S/C18H23N3O/c1-14-12-15(2)21-17(20-14)19-13-18(8-10-22-11-9-18)16-6-4-3-5-7-16/h3-7,12H,8-11,13H2,1-2H3,(H,19,20,21). The van der Waals surface area contributed by atoms with Crippen molar-refractivity contribution >= 4 is 5.95 Å². The molecule has 1 aliphatic heterocycles. The van der Waals surface area contributed by atoms with Crippen molar-refractivity contribution in [1.82, 2.24) is 9.97 Å². The second-order valence-electron chi connectivity index (χ2n) is 6.09. The number of ether oxygens (including phenoxy) is 1. The number of anilines is 1. The van der Waals surface area contributed by atoms with E-state index in [2.05, 4.69) is 45.6 Å². The first-order valence-electron chi connectivity index (χ1n) is 7.87. The number of nitrogens with one attached hydrogen (secondary N) is 1. The summed E-state index contributed by atoms with van der Waals surface area (Å²) in [5.74, 6) is 0.722. The van der Waals surface area contributed by atoms with E-state index in [1.165, 1.54) is 5.56 Å². The van der Waals surface area contributed by atoms with E-state index in [4.69, 9.17) is 4.74 Å². The van der Waals surface area contributed by atoms with Gasteiger partial charge in [0.2, 0.25) is 5.95 Å². The zero-order valence-electron chi connectivity index (χ0n) is 13.3. The average Bonchev–Trinajstić information content (AvgIpc) is 2.54. The fraction of sp³-hybridized carbons (Fsp3) is 0.444. The molecular formula is C18H23N3O. The van der Waals surface area contributed by atoms with Crippen LogP contribution in [0.25, 0.3) is 0 Å². The third-order valence-corrected chi connectivity index (χ3v) is 4.40. The Balaban J connectivity index is 1.81. The van der Waals surface area contributed by atoms with E-state index in [9.17, 15) is 0 Å². The zero-order chi connectivity index (χ0) is 15.4. The Morgan fingerprint density at radius 3 is 2.32 bits per heavy atom. The van der Waals surface area contributed by atoms with Crippen LogP contribution in [0.15, 0.2) is 36.4 Å². The molecule has 0 spiro atoms. The molecule has 3 rings (SSSR count). The van der Waals surface area contributed by atoms with Crippen molar-refractivity contribution in [3.05, 3.63) is 53.3 Å². The molecule has 0 bridgehead atoms. The third kappa shape index (κ3) is 3.28. The molecule has 0 atom stereocenters. The summed E-state index contributed by atoms with van der Waals surface area (Å²) in [5, 5.41) is 3.46.